The van der Waals surface area contributed by atoms with Crippen LogP contribution in [0, 0.1) is 10.1 Å². The van der Waals surface area contributed by atoms with Crippen LogP contribution in [0.1, 0.15) is 27.7 Å². The first-order valence-electron chi connectivity index (χ1n) is 9.79. The molecule has 1 amide bonds. The summed E-state index contributed by atoms with van der Waals surface area (Å²) in [5, 5.41) is 13.4. The molecule has 1 aromatic rings. The van der Waals surface area contributed by atoms with Crippen LogP contribution in [-0.4, -0.2) is 66.0 Å². The van der Waals surface area contributed by atoms with Crippen molar-refractivity contribution in [3.63, 3.8) is 0 Å². The summed E-state index contributed by atoms with van der Waals surface area (Å²) in [4.78, 5) is 57.0. The Morgan fingerprint density at radius 2 is 1.55 bits per heavy atom. The fourth-order valence-corrected chi connectivity index (χ4v) is 3.17. The highest BCUT2D eigenvalue weighted by Gasteiger charge is 2.51. The lowest BCUT2D eigenvalue weighted by molar-refractivity contribution is -0.384. The van der Waals surface area contributed by atoms with E-state index in [1.54, 1.807) is 0 Å². The third kappa shape index (κ3) is 7.42. The van der Waals surface area contributed by atoms with E-state index in [0.29, 0.717) is 0 Å². The fourth-order valence-electron chi connectivity index (χ4n) is 3.17. The number of rotatable bonds is 8. The van der Waals surface area contributed by atoms with Crippen LogP contribution in [0.3, 0.4) is 0 Å². The number of non-ortho nitro benzene ring substituents is 1. The number of amides is 1. The average molecular weight is 468 g/mol. The normalized spacial score (nSPS) is 24.2. The van der Waals surface area contributed by atoms with Gasteiger partial charge in [0.15, 0.2) is 12.2 Å². The number of hydrogen-bond donors (Lipinski definition) is 1. The molecule has 1 aliphatic rings. The Labute approximate surface area is 188 Å². The van der Waals surface area contributed by atoms with E-state index in [1.165, 1.54) is 31.2 Å². The minimum atomic E-state index is -1.31. The summed E-state index contributed by atoms with van der Waals surface area (Å²) in [6.07, 6.45) is -4.96. The molecule has 180 valence electrons. The van der Waals surface area contributed by atoms with Gasteiger partial charge in [0.2, 0.25) is 12.2 Å². The fraction of sp³-hybridized carbons (Fsp3) is 0.500. The Kier molecular flexibility index (Phi) is 8.68. The van der Waals surface area contributed by atoms with E-state index in [2.05, 4.69) is 5.32 Å². The maximum absolute atomic E-state index is 11.9. The van der Waals surface area contributed by atoms with Crippen molar-refractivity contribution in [2.45, 2.75) is 58.3 Å². The molecular weight excluding hydrogens is 444 g/mol. The molecular formula is C20H24N2O11. The van der Waals surface area contributed by atoms with E-state index in [0.717, 1.165) is 20.8 Å². The number of carbonyl (C=O) groups excluding carboxylic acids is 4. The standard InChI is InChI=1S/C20H24N2O11/c1-10(23)21-17-19(31-13(4)26)18(30-12(3)25)16(9-29-11(2)24)33-20(17)32-15-7-5-14(6-8-15)22(27)28/h5-8,16-20H,9H2,1-4H3,(H,21,23). The highest BCUT2D eigenvalue weighted by atomic mass is 16.7. The lowest BCUT2D eigenvalue weighted by Gasteiger charge is -2.44. The molecule has 0 spiro atoms. The number of nitrogens with zero attached hydrogens (tertiary/aromatic N) is 1. The van der Waals surface area contributed by atoms with Crippen LogP contribution in [-0.2, 0) is 38.1 Å². The van der Waals surface area contributed by atoms with Crippen molar-refractivity contribution in [3.05, 3.63) is 34.4 Å². The molecule has 1 fully saturated rings. The van der Waals surface area contributed by atoms with Gasteiger partial charge in [-0.25, -0.2) is 0 Å². The Balaban J connectivity index is 2.43. The second-order valence-electron chi connectivity index (χ2n) is 7.09. The Morgan fingerprint density at radius 1 is 0.970 bits per heavy atom. The molecule has 13 heteroatoms. The number of hydrogen-bond acceptors (Lipinski definition) is 11. The van der Waals surface area contributed by atoms with Crippen molar-refractivity contribution in [2.75, 3.05) is 6.61 Å². The van der Waals surface area contributed by atoms with Crippen molar-refractivity contribution in [1.29, 1.82) is 0 Å². The number of carbonyl (C=O) groups is 4. The summed E-state index contributed by atoms with van der Waals surface area (Å²) >= 11 is 0. The zero-order valence-electron chi connectivity index (χ0n) is 18.3. The first-order valence-corrected chi connectivity index (χ1v) is 9.79. The molecule has 0 aromatic heterocycles. The van der Waals surface area contributed by atoms with Gasteiger partial charge in [-0.2, -0.15) is 0 Å². The maximum Gasteiger partial charge on any atom is 0.303 e. The predicted molar refractivity (Wildman–Crippen MR) is 108 cm³/mol. The van der Waals surface area contributed by atoms with Gasteiger partial charge in [0.05, 0.1) is 4.92 Å². The topological polar surface area (TPSA) is 170 Å². The van der Waals surface area contributed by atoms with Crippen LogP contribution < -0.4 is 10.1 Å². The number of ether oxygens (including phenoxy) is 5. The zero-order valence-corrected chi connectivity index (χ0v) is 18.3. The molecule has 0 saturated carbocycles. The SMILES string of the molecule is CC(=O)NC1C(Oc2ccc([N+](=O)[O-])cc2)OC(COC(C)=O)C(OC(C)=O)C1OC(C)=O. The number of nitrogens with one attached hydrogen (secondary N) is 1. The highest BCUT2D eigenvalue weighted by Crippen LogP contribution is 2.29. The first kappa shape index (κ1) is 25.5. The van der Waals surface area contributed by atoms with Crippen LogP contribution in [0.25, 0.3) is 0 Å². The van der Waals surface area contributed by atoms with E-state index < -0.39 is 59.4 Å². The van der Waals surface area contributed by atoms with Crippen molar-refractivity contribution >= 4 is 29.5 Å². The molecule has 0 radical (unpaired) electrons. The second-order valence-corrected chi connectivity index (χ2v) is 7.09. The third-order valence-corrected chi connectivity index (χ3v) is 4.37. The van der Waals surface area contributed by atoms with E-state index in [9.17, 15) is 29.3 Å². The maximum atomic E-state index is 11.9. The van der Waals surface area contributed by atoms with Gasteiger partial charge in [-0.15, -0.1) is 0 Å². The third-order valence-electron chi connectivity index (χ3n) is 4.37. The van der Waals surface area contributed by atoms with Crippen molar-refractivity contribution in [1.82, 2.24) is 5.32 Å². The second kappa shape index (κ2) is 11.2. The van der Waals surface area contributed by atoms with E-state index in [4.69, 9.17) is 23.7 Å². The highest BCUT2D eigenvalue weighted by molar-refractivity contribution is 5.73. The van der Waals surface area contributed by atoms with Gasteiger partial charge in [0.1, 0.15) is 24.5 Å². The number of benzene rings is 1. The summed E-state index contributed by atoms with van der Waals surface area (Å²) in [6.45, 7) is 4.24. The molecule has 13 nitrogen and oxygen atoms in total. The van der Waals surface area contributed by atoms with Gasteiger partial charge >= 0.3 is 17.9 Å². The monoisotopic (exact) mass is 468 g/mol. The predicted octanol–water partition coefficient (Wildman–Crippen LogP) is 0.630. The average Bonchev–Trinajstić information content (AvgIpc) is 2.70. The van der Waals surface area contributed by atoms with E-state index >= 15 is 0 Å². The number of nitro groups is 1. The molecule has 2 rings (SSSR count). The van der Waals surface area contributed by atoms with Crippen LogP contribution in [0.15, 0.2) is 24.3 Å². The summed E-state index contributed by atoms with van der Waals surface area (Å²) < 4.78 is 27.2. The summed E-state index contributed by atoms with van der Waals surface area (Å²) in [5.74, 6) is -2.50. The van der Waals surface area contributed by atoms with Gasteiger partial charge < -0.3 is 29.0 Å². The number of nitro benzene ring substituents is 1. The van der Waals surface area contributed by atoms with Gasteiger partial charge in [0.25, 0.3) is 5.69 Å². The van der Waals surface area contributed by atoms with Gasteiger partial charge in [-0.1, -0.05) is 0 Å². The minimum absolute atomic E-state index is 0.139. The van der Waals surface area contributed by atoms with Gasteiger partial charge in [-0.05, 0) is 12.1 Å². The first-order chi connectivity index (χ1) is 15.5. The van der Waals surface area contributed by atoms with Crippen LogP contribution in [0.5, 0.6) is 5.75 Å². The van der Waals surface area contributed by atoms with Crippen LogP contribution in [0.2, 0.25) is 0 Å². The van der Waals surface area contributed by atoms with Gasteiger partial charge in [-0.3, -0.25) is 29.3 Å². The smallest absolute Gasteiger partial charge is 0.303 e. The van der Waals surface area contributed by atoms with Crippen LogP contribution in [0.4, 0.5) is 5.69 Å². The molecule has 5 unspecified atom stereocenters. The van der Waals surface area contributed by atoms with E-state index in [1.807, 2.05) is 0 Å². The molecule has 0 bridgehead atoms. The Hall–Kier alpha value is -3.74. The molecule has 33 heavy (non-hydrogen) atoms. The summed E-state index contributed by atoms with van der Waals surface area (Å²) in [7, 11) is 0. The van der Waals surface area contributed by atoms with Crippen molar-refractivity contribution in [2.24, 2.45) is 0 Å². The lowest BCUT2D eigenvalue weighted by atomic mass is 9.96. The molecule has 1 aromatic carbocycles. The molecule has 1 heterocycles. The summed E-state index contributed by atoms with van der Waals surface area (Å²) in [5.41, 5.74) is -0.175. The minimum Gasteiger partial charge on any atom is -0.463 e. The molecule has 1 N–H and O–H groups in total. The van der Waals surface area contributed by atoms with Crippen molar-refractivity contribution < 1.29 is 47.8 Å². The van der Waals surface area contributed by atoms with Gasteiger partial charge in [0, 0.05) is 39.8 Å². The lowest BCUT2D eigenvalue weighted by Crippen LogP contribution is -2.67. The Bertz CT molecular complexity index is 902. The molecule has 1 aliphatic heterocycles. The summed E-state index contributed by atoms with van der Waals surface area (Å²) in [6, 6.07) is 3.87. The Morgan fingerprint density at radius 3 is 2.03 bits per heavy atom. The molecule has 0 aliphatic carbocycles. The quantitative estimate of drug-likeness (QED) is 0.246. The van der Waals surface area contributed by atoms with Crippen molar-refractivity contribution in [3.8, 4) is 5.75 Å². The number of esters is 3. The molecule has 1 saturated heterocycles. The molecule has 5 atom stereocenters. The largest absolute Gasteiger partial charge is 0.463 e. The van der Waals surface area contributed by atoms with Crippen LogP contribution >= 0.6 is 0 Å². The van der Waals surface area contributed by atoms with E-state index in [-0.39, 0.29) is 18.0 Å². The zero-order chi connectivity index (χ0) is 24.7.